The standard InChI is InChI=1S/C34H32I2O6/c35-29-17-25-13-21-3-1-4-22-14-26-18-30(36)20-28(32(26)38)16-24-6-2-5-23(15-27(19-29)31(25)37)34(24)42-12-10-40-8-7-39-9-11-41-33(21)22/h1-6,17-20,37-38H,7-16H2. The minimum Gasteiger partial charge on any atom is -0.507 e. The van der Waals surface area contributed by atoms with Crippen LogP contribution in [0.15, 0.2) is 60.7 Å². The quantitative estimate of drug-likeness (QED) is 0.169. The molecular formula is C34H32I2O6. The predicted molar refractivity (Wildman–Crippen MR) is 178 cm³/mol. The molecule has 0 fully saturated rings. The molecule has 1 aliphatic carbocycles. The highest BCUT2D eigenvalue weighted by Gasteiger charge is 2.21. The van der Waals surface area contributed by atoms with Crippen molar-refractivity contribution in [1.82, 2.24) is 0 Å². The Hall–Kier alpha value is -2.54. The molecule has 0 radical (unpaired) electrons. The molecule has 1 aliphatic heterocycles. The lowest BCUT2D eigenvalue weighted by Gasteiger charge is -2.21. The van der Waals surface area contributed by atoms with Crippen molar-refractivity contribution in [2.75, 3.05) is 39.6 Å². The van der Waals surface area contributed by atoms with Crippen LogP contribution in [0.1, 0.15) is 44.5 Å². The van der Waals surface area contributed by atoms with Crippen LogP contribution < -0.4 is 9.47 Å². The van der Waals surface area contributed by atoms with E-state index in [4.69, 9.17) is 18.9 Å². The molecule has 6 nitrogen and oxygen atoms in total. The van der Waals surface area contributed by atoms with E-state index in [-0.39, 0.29) is 11.5 Å². The fourth-order valence-corrected chi connectivity index (χ4v) is 7.23. The van der Waals surface area contributed by atoms with Gasteiger partial charge in [0.1, 0.15) is 36.2 Å². The van der Waals surface area contributed by atoms with Gasteiger partial charge in [-0.2, -0.15) is 0 Å². The van der Waals surface area contributed by atoms with E-state index in [0.29, 0.717) is 65.3 Å². The highest BCUT2D eigenvalue weighted by Crippen LogP contribution is 2.39. The van der Waals surface area contributed by atoms with Crippen LogP contribution in [0, 0.1) is 7.14 Å². The number of hydrogen-bond acceptors (Lipinski definition) is 6. The van der Waals surface area contributed by atoms with Gasteiger partial charge in [0, 0.05) is 32.8 Å². The maximum Gasteiger partial charge on any atom is 0.126 e. The van der Waals surface area contributed by atoms with E-state index in [9.17, 15) is 10.2 Å². The Morgan fingerprint density at radius 1 is 0.452 bits per heavy atom. The number of para-hydroxylation sites is 2. The maximum absolute atomic E-state index is 11.6. The SMILES string of the molecule is Oc1c2cc(I)cc1Cc1cccc3c1OCCOCCOCCOc1c(cccc1Cc1cc(I)cc(c1O)C3)C2. The van der Waals surface area contributed by atoms with E-state index in [2.05, 4.69) is 45.2 Å². The van der Waals surface area contributed by atoms with Crippen molar-refractivity contribution in [3.05, 3.63) is 112 Å². The summed E-state index contributed by atoms with van der Waals surface area (Å²) in [6.45, 7) is 2.52. The largest absolute Gasteiger partial charge is 0.507 e. The molecule has 218 valence electrons. The molecule has 0 spiro atoms. The molecule has 0 saturated heterocycles. The Bertz CT molecular complexity index is 1390. The summed E-state index contributed by atoms with van der Waals surface area (Å²) in [5.41, 5.74) is 7.25. The van der Waals surface area contributed by atoms with Crippen LogP contribution in [0.3, 0.4) is 0 Å². The summed E-state index contributed by atoms with van der Waals surface area (Å²) in [6, 6.07) is 20.4. The maximum atomic E-state index is 11.6. The van der Waals surface area contributed by atoms with E-state index in [1.165, 1.54) is 0 Å². The number of fused-ring (bicyclic) bond motifs is 2. The predicted octanol–water partition coefficient (Wildman–Crippen LogP) is 6.79. The first-order valence-corrected chi connectivity index (χ1v) is 16.2. The molecule has 4 aromatic carbocycles. The lowest BCUT2D eigenvalue weighted by Crippen LogP contribution is -2.14. The number of phenolic OH excluding ortho intramolecular Hbond substituents is 2. The van der Waals surface area contributed by atoms with Crippen molar-refractivity contribution in [2.24, 2.45) is 0 Å². The number of hydrogen-bond donors (Lipinski definition) is 2. The third-order valence-corrected chi connectivity index (χ3v) is 8.91. The number of aromatic hydroxyl groups is 2. The molecule has 0 unspecified atom stereocenters. The monoisotopic (exact) mass is 790 g/mol. The molecule has 2 N–H and O–H groups in total. The average molecular weight is 790 g/mol. The molecule has 10 bridgehead atoms. The zero-order valence-corrected chi connectivity index (χ0v) is 27.4. The van der Waals surface area contributed by atoms with Gasteiger partial charge in [-0.3, -0.25) is 0 Å². The molecular weight excluding hydrogens is 758 g/mol. The van der Waals surface area contributed by atoms with Gasteiger partial charge in [0.25, 0.3) is 0 Å². The van der Waals surface area contributed by atoms with Gasteiger partial charge in [-0.05, 0) is 114 Å². The van der Waals surface area contributed by atoms with E-state index in [1.807, 2.05) is 60.7 Å². The fraction of sp³-hybridized carbons (Fsp3) is 0.294. The topological polar surface area (TPSA) is 77.4 Å². The Kier molecular flexibility index (Phi) is 9.42. The van der Waals surface area contributed by atoms with E-state index >= 15 is 0 Å². The van der Waals surface area contributed by atoms with E-state index < -0.39 is 0 Å². The number of phenols is 2. The van der Waals surface area contributed by atoms with Gasteiger partial charge < -0.3 is 29.2 Å². The normalized spacial score (nSPS) is 15.8. The fourth-order valence-electron chi connectivity index (χ4n) is 5.73. The first kappa shape index (κ1) is 29.5. The van der Waals surface area contributed by atoms with Gasteiger partial charge in [-0.15, -0.1) is 0 Å². The second kappa shape index (κ2) is 13.4. The van der Waals surface area contributed by atoms with Crippen molar-refractivity contribution in [1.29, 1.82) is 0 Å². The summed E-state index contributed by atoms with van der Waals surface area (Å²) in [5.74, 6) is 2.11. The van der Waals surface area contributed by atoms with Gasteiger partial charge in [0.2, 0.25) is 0 Å². The third kappa shape index (κ3) is 6.66. The van der Waals surface area contributed by atoms with Crippen LogP contribution >= 0.6 is 45.2 Å². The molecule has 6 rings (SSSR count). The molecule has 8 heteroatoms. The number of benzene rings is 4. The summed E-state index contributed by atoms with van der Waals surface area (Å²) in [6.07, 6.45) is 2.00. The molecule has 0 saturated carbocycles. The molecule has 1 heterocycles. The highest BCUT2D eigenvalue weighted by atomic mass is 127. The first-order chi connectivity index (χ1) is 20.5. The van der Waals surface area contributed by atoms with Crippen LogP contribution in [0.4, 0.5) is 0 Å². The molecule has 0 aromatic heterocycles. The smallest absolute Gasteiger partial charge is 0.126 e. The summed E-state index contributed by atoms with van der Waals surface area (Å²) in [7, 11) is 0. The Morgan fingerprint density at radius 2 is 0.762 bits per heavy atom. The van der Waals surface area contributed by atoms with Crippen LogP contribution in [0.25, 0.3) is 0 Å². The van der Waals surface area contributed by atoms with Gasteiger partial charge in [0.05, 0.1) is 26.4 Å². The van der Waals surface area contributed by atoms with Gasteiger partial charge in [-0.25, -0.2) is 0 Å². The summed E-state index contributed by atoms with van der Waals surface area (Å²) in [5, 5.41) is 23.2. The molecule has 4 aromatic rings. The number of ether oxygens (including phenoxy) is 4. The Balaban J connectivity index is 1.59. The lowest BCUT2D eigenvalue weighted by molar-refractivity contribution is 0.0271. The molecule has 0 amide bonds. The average Bonchev–Trinajstić information content (AvgIpc) is 2.96. The van der Waals surface area contributed by atoms with Crippen molar-refractivity contribution < 1.29 is 29.2 Å². The van der Waals surface area contributed by atoms with Crippen molar-refractivity contribution >= 4 is 45.2 Å². The van der Waals surface area contributed by atoms with E-state index in [1.54, 1.807) is 0 Å². The van der Waals surface area contributed by atoms with Crippen molar-refractivity contribution in [3.63, 3.8) is 0 Å². The zero-order valence-electron chi connectivity index (χ0n) is 23.1. The molecule has 2 aliphatic rings. The highest BCUT2D eigenvalue weighted by molar-refractivity contribution is 14.1. The molecule has 42 heavy (non-hydrogen) atoms. The van der Waals surface area contributed by atoms with Crippen LogP contribution in [0.5, 0.6) is 23.0 Å². The summed E-state index contributed by atoms with van der Waals surface area (Å²) < 4.78 is 26.5. The van der Waals surface area contributed by atoms with Crippen LogP contribution in [0.2, 0.25) is 0 Å². The second-order valence-electron chi connectivity index (χ2n) is 10.6. The second-order valence-corrected chi connectivity index (χ2v) is 13.1. The minimum absolute atomic E-state index is 0.289. The van der Waals surface area contributed by atoms with Gasteiger partial charge >= 0.3 is 0 Å². The number of halogens is 2. The van der Waals surface area contributed by atoms with Crippen molar-refractivity contribution in [3.8, 4) is 23.0 Å². The zero-order chi connectivity index (χ0) is 29.1. The van der Waals surface area contributed by atoms with Crippen molar-refractivity contribution in [2.45, 2.75) is 25.7 Å². The minimum atomic E-state index is 0.289. The third-order valence-electron chi connectivity index (χ3n) is 7.67. The Labute approximate surface area is 273 Å². The van der Waals surface area contributed by atoms with E-state index in [0.717, 1.165) is 63.1 Å². The van der Waals surface area contributed by atoms with Gasteiger partial charge in [-0.1, -0.05) is 36.4 Å². The summed E-state index contributed by atoms with van der Waals surface area (Å²) in [4.78, 5) is 0. The van der Waals surface area contributed by atoms with Crippen LogP contribution in [-0.4, -0.2) is 49.9 Å². The molecule has 0 atom stereocenters. The Morgan fingerprint density at radius 3 is 1.10 bits per heavy atom. The number of rotatable bonds is 0. The van der Waals surface area contributed by atoms with Gasteiger partial charge in [0.15, 0.2) is 0 Å². The van der Waals surface area contributed by atoms with Crippen LogP contribution in [-0.2, 0) is 35.2 Å². The summed E-state index contributed by atoms with van der Waals surface area (Å²) >= 11 is 4.65. The lowest BCUT2D eigenvalue weighted by atomic mass is 9.91. The first-order valence-electron chi connectivity index (χ1n) is 14.1.